The molecule has 0 bridgehead atoms. The number of aromatic hydroxyl groups is 1. The summed E-state index contributed by atoms with van der Waals surface area (Å²) in [6.07, 6.45) is 0. The van der Waals surface area contributed by atoms with E-state index < -0.39 is 0 Å². The van der Waals surface area contributed by atoms with Crippen LogP contribution in [0.15, 0.2) is 34.8 Å². The Kier molecular flexibility index (Phi) is 3.79. The van der Waals surface area contributed by atoms with E-state index in [0.29, 0.717) is 12.3 Å². The normalized spacial score (nSPS) is 12.3. The number of methoxy groups -OCH3 is 1. The van der Waals surface area contributed by atoms with Gasteiger partial charge in [-0.2, -0.15) is 0 Å². The Morgan fingerprint density at radius 3 is 2.90 bits per heavy atom. The van der Waals surface area contributed by atoms with Crippen LogP contribution in [0.4, 0.5) is 5.69 Å². The lowest BCUT2D eigenvalue weighted by Crippen LogP contribution is -1.99. The summed E-state index contributed by atoms with van der Waals surface area (Å²) in [5, 5.41) is 13.0. The van der Waals surface area contributed by atoms with Crippen LogP contribution in [-0.4, -0.2) is 19.0 Å². The van der Waals surface area contributed by atoms with E-state index in [4.69, 9.17) is 14.2 Å². The summed E-state index contributed by atoms with van der Waals surface area (Å²) in [6, 6.07) is 9.10. The molecule has 6 heteroatoms. The Balaban J connectivity index is 1.73. The number of ether oxygens (including phenoxy) is 3. The van der Waals surface area contributed by atoms with Crippen LogP contribution >= 0.6 is 15.9 Å². The summed E-state index contributed by atoms with van der Waals surface area (Å²) in [5.74, 6) is 2.03. The molecule has 5 nitrogen and oxygen atoms in total. The van der Waals surface area contributed by atoms with Crippen LogP contribution in [0.3, 0.4) is 0 Å². The van der Waals surface area contributed by atoms with E-state index in [0.717, 1.165) is 27.2 Å². The van der Waals surface area contributed by atoms with Crippen molar-refractivity contribution in [1.29, 1.82) is 0 Å². The van der Waals surface area contributed by atoms with Crippen molar-refractivity contribution in [2.75, 3.05) is 19.2 Å². The lowest BCUT2D eigenvalue weighted by atomic mass is 10.2. The van der Waals surface area contributed by atoms with Crippen molar-refractivity contribution in [3.63, 3.8) is 0 Å². The van der Waals surface area contributed by atoms with Gasteiger partial charge in [0.25, 0.3) is 0 Å². The van der Waals surface area contributed by atoms with Gasteiger partial charge in [0.1, 0.15) is 0 Å². The van der Waals surface area contributed by atoms with E-state index in [9.17, 15) is 5.11 Å². The standard InChI is InChI=1S/C15H14BrNO4/c1-19-13-3-2-10(6-12(13)18)17-7-9-4-11(16)15-14(5-9)20-8-21-15/h2-6,17-18H,7-8H2,1H3. The average molecular weight is 352 g/mol. The Morgan fingerprint density at radius 2 is 2.14 bits per heavy atom. The summed E-state index contributed by atoms with van der Waals surface area (Å²) in [7, 11) is 1.52. The molecule has 2 aromatic carbocycles. The first-order valence-corrected chi connectivity index (χ1v) is 7.15. The molecule has 0 saturated carbocycles. The maximum absolute atomic E-state index is 9.75. The summed E-state index contributed by atoms with van der Waals surface area (Å²) < 4.78 is 16.6. The number of benzene rings is 2. The molecule has 0 atom stereocenters. The van der Waals surface area contributed by atoms with E-state index >= 15 is 0 Å². The molecule has 1 heterocycles. The van der Waals surface area contributed by atoms with Gasteiger partial charge in [0.15, 0.2) is 23.0 Å². The molecule has 2 aromatic rings. The quantitative estimate of drug-likeness (QED) is 0.882. The Bertz CT molecular complexity index is 675. The van der Waals surface area contributed by atoms with Crippen LogP contribution in [0.25, 0.3) is 0 Å². The number of hydrogen-bond acceptors (Lipinski definition) is 5. The summed E-state index contributed by atoms with van der Waals surface area (Å²) in [5.41, 5.74) is 1.85. The molecular weight excluding hydrogens is 338 g/mol. The van der Waals surface area contributed by atoms with Crippen molar-refractivity contribution in [3.05, 3.63) is 40.4 Å². The van der Waals surface area contributed by atoms with E-state index in [2.05, 4.69) is 21.2 Å². The number of fused-ring (bicyclic) bond motifs is 1. The summed E-state index contributed by atoms with van der Waals surface area (Å²) >= 11 is 3.47. The van der Waals surface area contributed by atoms with Gasteiger partial charge in [-0.05, 0) is 45.8 Å². The van der Waals surface area contributed by atoms with Crippen molar-refractivity contribution >= 4 is 21.6 Å². The topological polar surface area (TPSA) is 60.0 Å². The van der Waals surface area contributed by atoms with E-state index in [-0.39, 0.29) is 12.5 Å². The molecule has 21 heavy (non-hydrogen) atoms. The predicted octanol–water partition coefficient (Wildman–Crippen LogP) is 3.50. The molecule has 1 aliphatic heterocycles. The van der Waals surface area contributed by atoms with Gasteiger partial charge in [-0.1, -0.05) is 0 Å². The molecule has 0 amide bonds. The van der Waals surface area contributed by atoms with Crippen molar-refractivity contribution in [1.82, 2.24) is 0 Å². The van der Waals surface area contributed by atoms with Crippen LogP contribution < -0.4 is 19.5 Å². The highest BCUT2D eigenvalue weighted by molar-refractivity contribution is 9.10. The van der Waals surface area contributed by atoms with Gasteiger partial charge in [0.05, 0.1) is 11.6 Å². The third-order valence-electron chi connectivity index (χ3n) is 3.16. The van der Waals surface area contributed by atoms with E-state index in [1.54, 1.807) is 12.1 Å². The third-order valence-corrected chi connectivity index (χ3v) is 3.75. The first-order valence-electron chi connectivity index (χ1n) is 6.36. The lowest BCUT2D eigenvalue weighted by molar-refractivity contribution is 0.173. The highest BCUT2D eigenvalue weighted by atomic mass is 79.9. The molecule has 0 aliphatic carbocycles. The molecule has 3 rings (SSSR count). The molecular formula is C15H14BrNO4. The zero-order chi connectivity index (χ0) is 14.8. The Morgan fingerprint density at radius 1 is 1.29 bits per heavy atom. The van der Waals surface area contributed by atoms with Crippen LogP contribution in [0.5, 0.6) is 23.0 Å². The molecule has 0 radical (unpaired) electrons. The number of hydrogen-bond donors (Lipinski definition) is 2. The zero-order valence-corrected chi connectivity index (χ0v) is 12.9. The van der Waals surface area contributed by atoms with Crippen LogP contribution in [0.1, 0.15) is 5.56 Å². The minimum absolute atomic E-state index is 0.106. The van der Waals surface area contributed by atoms with Gasteiger partial charge >= 0.3 is 0 Å². The highest BCUT2D eigenvalue weighted by Crippen LogP contribution is 2.40. The van der Waals surface area contributed by atoms with Crippen LogP contribution in [-0.2, 0) is 6.54 Å². The zero-order valence-electron chi connectivity index (χ0n) is 11.4. The van der Waals surface area contributed by atoms with Crippen molar-refractivity contribution in [2.24, 2.45) is 0 Å². The molecule has 0 aromatic heterocycles. The Labute approximate surface area is 130 Å². The number of anilines is 1. The minimum Gasteiger partial charge on any atom is -0.504 e. The van der Waals surface area contributed by atoms with Crippen LogP contribution in [0.2, 0.25) is 0 Å². The molecule has 0 saturated heterocycles. The first-order chi connectivity index (χ1) is 10.2. The van der Waals surface area contributed by atoms with Gasteiger partial charge < -0.3 is 24.6 Å². The highest BCUT2D eigenvalue weighted by Gasteiger charge is 2.17. The number of rotatable bonds is 4. The van der Waals surface area contributed by atoms with Gasteiger partial charge in [-0.25, -0.2) is 0 Å². The number of halogens is 1. The molecule has 2 N–H and O–H groups in total. The predicted molar refractivity (Wildman–Crippen MR) is 82.3 cm³/mol. The smallest absolute Gasteiger partial charge is 0.231 e. The number of phenolic OH excluding ortho intramolecular Hbond substituents is 1. The van der Waals surface area contributed by atoms with Gasteiger partial charge in [-0.3, -0.25) is 0 Å². The molecule has 0 fully saturated rings. The van der Waals surface area contributed by atoms with E-state index in [1.165, 1.54) is 7.11 Å². The summed E-state index contributed by atoms with van der Waals surface area (Å²) in [4.78, 5) is 0. The third kappa shape index (κ3) is 2.85. The Hall–Kier alpha value is -2.08. The lowest BCUT2D eigenvalue weighted by Gasteiger charge is -2.10. The second-order valence-electron chi connectivity index (χ2n) is 4.55. The molecule has 110 valence electrons. The second kappa shape index (κ2) is 5.73. The van der Waals surface area contributed by atoms with Crippen molar-refractivity contribution in [2.45, 2.75) is 6.54 Å². The fourth-order valence-electron chi connectivity index (χ4n) is 2.13. The van der Waals surface area contributed by atoms with Crippen LogP contribution in [0, 0.1) is 0 Å². The number of nitrogens with one attached hydrogen (secondary N) is 1. The average Bonchev–Trinajstić information content (AvgIpc) is 2.94. The molecule has 1 aliphatic rings. The fraction of sp³-hybridized carbons (Fsp3) is 0.200. The second-order valence-corrected chi connectivity index (χ2v) is 5.41. The number of phenols is 1. The minimum atomic E-state index is 0.106. The van der Waals surface area contributed by atoms with Crippen molar-refractivity contribution < 1.29 is 19.3 Å². The SMILES string of the molecule is COc1ccc(NCc2cc(Br)c3c(c2)OCO3)cc1O. The maximum atomic E-state index is 9.75. The first kappa shape index (κ1) is 13.9. The summed E-state index contributed by atoms with van der Waals surface area (Å²) in [6.45, 7) is 0.845. The van der Waals surface area contributed by atoms with Gasteiger partial charge in [0, 0.05) is 18.3 Å². The monoisotopic (exact) mass is 351 g/mol. The van der Waals surface area contributed by atoms with Crippen molar-refractivity contribution in [3.8, 4) is 23.0 Å². The maximum Gasteiger partial charge on any atom is 0.231 e. The van der Waals surface area contributed by atoms with E-state index in [1.807, 2.05) is 18.2 Å². The largest absolute Gasteiger partial charge is 0.504 e. The molecule has 0 spiro atoms. The fourth-order valence-corrected chi connectivity index (χ4v) is 2.73. The van der Waals surface area contributed by atoms with Gasteiger partial charge in [-0.15, -0.1) is 0 Å². The molecule has 0 unspecified atom stereocenters. The van der Waals surface area contributed by atoms with Gasteiger partial charge in [0.2, 0.25) is 6.79 Å².